The number of ether oxygens (including phenoxy) is 1. The van der Waals surface area contributed by atoms with Crippen LogP contribution < -0.4 is 15.0 Å². The molecule has 0 spiro atoms. The van der Waals surface area contributed by atoms with Gasteiger partial charge in [-0.15, -0.1) is 0 Å². The van der Waals surface area contributed by atoms with Crippen LogP contribution in [0.1, 0.15) is 34.8 Å². The molecule has 0 radical (unpaired) electrons. The Hall–Kier alpha value is -3.23. The molecule has 4 rings (SSSR count). The van der Waals surface area contributed by atoms with Crippen LogP contribution in [0.5, 0.6) is 6.01 Å². The van der Waals surface area contributed by atoms with Gasteiger partial charge in [-0.1, -0.05) is 6.07 Å². The fourth-order valence-corrected chi connectivity index (χ4v) is 3.25. The molecule has 3 aromatic heterocycles. The summed E-state index contributed by atoms with van der Waals surface area (Å²) in [7, 11) is 1.52. The number of imidazole rings is 1. The first kappa shape index (κ1) is 17.2. The first-order valence-electron chi connectivity index (χ1n) is 8.91. The highest BCUT2D eigenvalue weighted by Gasteiger charge is 2.19. The molecule has 140 valence electrons. The third-order valence-corrected chi connectivity index (χ3v) is 4.55. The van der Waals surface area contributed by atoms with Gasteiger partial charge in [0.15, 0.2) is 5.82 Å². The smallest absolute Gasteiger partial charge is 0.321 e. The third kappa shape index (κ3) is 3.40. The highest BCUT2D eigenvalue weighted by Crippen LogP contribution is 2.18. The monoisotopic (exact) mass is 367 g/mol. The zero-order valence-electron chi connectivity index (χ0n) is 15.3. The van der Waals surface area contributed by atoms with E-state index in [1.54, 1.807) is 4.40 Å². The maximum Gasteiger partial charge on any atom is 0.321 e. The maximum absolute atomic E-state index is 12.7. The van der Waals surface area contributed by atoms with Crippen molar-refractivity contribution in [2.75, 3.05) is 25.1 Å². The minimum atomic E-state index is -0.228. The van der Waals surface area contributed by atoms with Gasteiger partial charge in [0.1, 0.15) is 11.3 Å². The predicted octanol–water partition coefficient (Wildman–Crippen LogP) is 1.37. The van der Waals surface area contributed by atoms with Crippen LogP contribution in [0.3, 0.4) is 0 Å². The summed E-state index contributed by atoms with van der Waals surface area (Å²) in [6.07, 6.45) is 4.06. The summed E-state index contributed by atoms with van der Waals surface area (Å²) in [5.74, 6) is 0.825. The normalized spacial score (nSPS) is 13.9. The van der Waals surface area contributed by atoms with Gasteiger partial charge < -0.3 is 15.0 Å². The maximum atomic E-state index is 12.7. The molecular weight excluding hydrogens is 346 g/mol. The van der Waals surface area contributed by atoms with Gasteiger partial charge in [-0.25, -0.2) is 4.98 Å². The second-order valence-electron chi connectivity index (χ2n) is 6.39. The Balaban J connectivity index is 1.54. The number of carbonyl (C=O) groups is 1. The van der Waals surface area contributed by atoms with Crippen LogP contribution in [0, 0.1) is 6.92 Å². The molecule has 1 fully saturated rings. The number of carbonyl (C=O) groups excluding carboxylic acids is 1. The molecule has 1 amide bonds. The first-order chi connectivity index (χ1) is 13.2. The van der Waals surface area contributed by atoms with Gasteiger partial charge in [-0.3, -0.25) is 9.20 Å². The fourth-order valence-electron chi connectivity index (χ4n) is 3.25. The predicted molar refractivity (Wildman–Crippen MR) is 98.9 cm³/mol. The van der Waals surface area contributed by atoms with Crippen molar-refractivity contribution in [2.24, 2.45) is 0 Å². The Morgan fingerprint density at radius 3 is 2.78 bits per heavy atom. The van der Waals surface area contributed by atoms with E-state index in [0.717, 1.165) is 31.6 Å². The van der Waals surface area contributed by atoms with Gasteiger partial charge in [-0.2, -0.15) is 15.0 Å². The lowest BCUT2D eigenvalue weighted by Gasteiger charge is -2.16. The van der Waals surface area contributed by atoms with E-state index in [-0.39, 0.29) is 18.5 Å². The lowest BCUT2D eigenvalue weighted by atomic mass is 10.3. The summed E-state index contributed by atoms with van der Waals surface area (Å²) in [6, 6.07) is 5.87. The van der Waals surface area contributed by atoms with E-state index >= 15 is 0 Å². The lowest BCUT2D eigenvalue weighted by Crippen LogP contribution is -2.27. The fraction of sp³-hybridized carbons (Fsp3) is 0.389. The van der Waals surface area contributed by atoms with Crippen molar-refractivity contribution >= 4 is 17.5 Å². The molecule has 9 nitrogen and oxygen atoms in total. The molecule has 1 aliphatic heterocycles. The summed E-state index contributed by atoms with van der Waals surface area (Å²) in [5.41, 5.74) is 1.91. The van der Waals surface area contributed by atoms with Crippen LogP contribution in [0.25, 0.3) is 5.65 Å². The Bertz CT molecular complexity index is 979. The summed E-state index contributed by atoms with van der Waals surface area (Å²) >= 11 is 0. The number of methoxy groups -OCH3 is 1. The van der Waals surface area contributed by atoms with E-state index in [9.17, 15) is 4.79 Å². The van der Waals surface area contributed by atoms with E-state index < -0.39 is 0 Å². The van der Waals surface area contributed by atoms with Crippen LogP contribution >= 0.6 is 0 Å². The lowest BCUT2D eigenvalue weighted by molar-refractivity contribution is 0.0943. The molecule has 0 unspecified atom stereocenters. The van der Waals surface area contributed by atoms with Gasteiger partial charge in [0.25, 0.3) is 5.91 Å². The molecule has 1 saturated heterocycles. The van der Waals surface area contributed by atoms with Crippen molar-refractivity contribution < 1.29 is 9.53 Å². The molecule has 4 heterocycles. The van der Waals surface area contributed by atoms with Crippen LogP contribution in [0.15, 0.2) is 24.4 Å². The van der Waals surface area contributed by atoms with Gasteiger partial charge in [0, 0.05) is 19.3 Å². The number of amides is 1. The summed E-state index contributed by atoms with van der Waals surface area (Å²) in [4.78, 5) is 32.3. The summed E-state index contributed by atoms with van der Waals surface area (Å²) in [6.45, 7) is 3.83. The molecular formula is C18H21N7O2. The average Bonchev–Trinajstić information content (AvgIpc) is 3.33. The third-order valence-electron chi connectivity index (χ3n) is 4.55. The van der Waals surface area contributed by atoms with Crippen molar-refractivity contribution in [1.82, 2.24) is 29.7 Å². The minimum absolute atomic E-state index is 0.179. The van der Waals surface area contributed by atoms with Crippen molar-refractivity contribution in [3.63, 3.8) is 0 Å². The number of hydrogen-bond acceptors (Lipinski definition) is 7. The van der Waals surface area contributed by atoms with Crippen molar-refractivity contribution in [3.05, 3.63) is 41.6 Å². The number of anilines is 1. The largest absolute Gasteiger partial charge is 0.467 e. The molecule has 0 aliphatic carbocycles. The molecule has 27 heavy (non-hydrogen) atoms. The van der Waals surface area contributed by atoms with Crippen LogP contribution in [0.4, 0.5) is 5.95 Å². The van der Waals surface area contributed by atoms with Crippen LogP contribution in [0.2, 0.25) is 0 Å². The second-order valence-corrected chi connectivity index (χ2v) is 6.39. The number of pyridine rings is 1. The number of hydrogen-bond donors (Lipinski definition) is 1. The zero-order valence-corrected chi connectivity index (χ0v) is 15.3. The molecule has 0 atom stereocenters. The summed E-state index contributed by atoms with van der Waals surface area (Å²) in [5, 5.41) is 2.88. The van der Waals surface area contributed by atoms with Crippen LogP contribution in [-0.2, 0) is 6.54 Å². The molecule has 3 aromatic rings. The Kier molecular flexibility index (Phi) is 4.57. The molecule has 9 heteroatoms. The van der Waals surface area contributed by atoms with E-state index in [1.807, 2.05) is 31.3 Å². The van der Waals surface area contributed by atoms with Crippen molar-refractivity contribution in [2.45, 2.75) is 26.3 Å². The Labute approximate surface area is 156 Å². The van der Waals surface area contributed by atoms with Gasteiger partial charge >= 0.3 is 6.01 Å². The highest BCUT2D eigenvalue weighted by molar-refractivity contribution is 5.94. The number of aromatic nitrogens is 5. The quantitative estimate of drug-likeness (QED) is 0.727. The second kappa shape index (κ2) is 7.18. The molecule has 1 N–H and O–H groups in total. The number of aryl methyl sites for hydroxylation is 1. The SMILES string of the molecule is COc1nc(CNC(=O)c2c(C)nc3ccccn23)nc(N2CCCC2)n1. The Morgan fingerprint density at radius 2 is 2.00 bits per heavy atom. The van der Waals surface area contributed by atoms with Crippen molar-refractivity contribution in [1.29, 1.82) is 0 Å². The minimum Gasteiger partial charge on any atom is -0.467 e. The molecule has 0 saturated carbocycles. The van der Waals surface area contributed by atoms with Gasteiger partial charge in [0.05, 0.1) is 19.3 Å². The average molecular weight is 367 g/mol. The Morgan fingerprint density at radius 1 is 1.19 bits per heavy atom. The van der Waals surface area contributed by atoms with Gasteiger partial charge in [-0.05, 0) is 31.9 Å². The first-order valence-corrected chi connectivity index (χ1v) is 8.91. The highest BCUT2D eigenvalue weighted by atomic mass is 16.5. The molecule has 0 aromatic carbocycles. The zero-order chi connectivity index (χ0) is 18.8. The molecule has 1 aliphatic rings. The van der Waals surface area contributed by atoms with Gasteiger partial charge in [0.2, 0.25) is 5.95 Å². The van der Waals surface area contributed by atoms with Crippen LogP contribution in [-0.4, -0.2) is 50.4 Å². The van der Waals surface area contributed by atoms with Crippen molar-refractivity contribution in [3.8, 4) is 6.01 Å². The van der Waals surface area contributed by atoms with E-state index in [0.29, 0.717) is 23.2 Å². The van der Waals surface area contributed by atoms with E-state index in [4.69, 9.17) is 4.74 Å². The molecule has 0 bridgehead atoms. The standard InChI is InChI=1S/C18H21N7O2/c1-12-15(25-10-4-3-7-14(25)20-12)16(26)19-11-13-21-17(23-18(22-13)27-2)24-8-5-6-9-24/h3-4,7,10H,5-6,8-9,11H2,1-2H3,(H,19,26). The number of fused-ring (bicyclic) bond motifs is 1. The number of nitrogens with one attached hydrogen (secondary N) is 1. The van der Waals surface area contributed by atoms with E-state index in [2.05, 4.69) is 30.2 Å². The number of rotatable bonds is 5. The van der Waals surface area contributed by atoms with E-state index in [1.165, 1.54) is 7.11 Å². The topological polar surface area (TPSA) is 97.5 Å². The summed E-state index contributed by atoms with van der Waals surface area (Å²) < 4.78 is 6.97. The number of nitrogens with zero attached hydrogens (tertiary/aromatic N) is 6.